The summed E-state index contributed by atoms with van der Waals surface area (Å²) in [6, 6.07) is 3.61. The van der Waals surface area contributed by atoms with Crippen molar-refractivity contribution in [2.45, 2.75) is 6.04 Å². The quantitative estimate of drug-likeness (QED) is 0.827. The Kier molecular flexibility index (Phi) is 2.86. The van der Waals surface area contributed by atoms with Crippen molar-refractivity contribution in [3.8, 4) is 0 Å². The fourth-order valence-electron chi connectivity index (χ4n) is 1.98. The van der Waals surface area contributed by atoms with Gasteiger partial charge in [0.15, 0.2) is 0 Å². The molecule has 1 saturated heterocycles. The zero-order valence-corrected chi connectivity index (χ0v) is 10.5. The SMILES string of the molecule is Cn1ccc(C(=O)NC2CN(c3ncccn3)C2)n1. The molecule has 98 valence electrons. The van der Waals surface area contributed by atoms with Crippen molar-refractivity contribution in [2.24, 2.45) is 7.05 Å². The Labute approximate surface area is 110 Å². The van der Waals surface area contributed by atoms with Gasteiger partial charge in [-0.2, -0.15) is 5.10 Å². The van der Waals surface area contributed by atoms with Crippen LogP contribution in [0.5, 0.6) is 0 Å². The second-order valence-corrected chi connectivity index (χ2v) is 4.50. The van der Waals surface area contributed by atoms with Crippen LogP contribution in [0.4, 0.5) is 5.95 Å². The van der Waals surface area contributed by atoms with E-state index in [1.54, 1.807) is 42.5 Å². The minimum absolute atomic E-state index is 0.123. The summed E-state index contributed by atoms with van der Waals surface area (Å²) in [5, 5.41) is 7.00. The highest BCUT2D eigenvalue weighted by molar-refractivity contribution is 5.92. The van der Waals surface area contributed by atoms with Crippen molar-refractivity contribution in [1.82, 2.24) is 25.1 Å². The first-order chi connectivity index (χ1) is 9.22. The summed E-state index contributed by atoms with van der Waals surface area (Å²) in [7, 11) is 1.79. The van der Waals surface area contributed by atoms with Crippen LogP contribution in [-0.4, -0.2) is 44.8 Å². The van der Waals surface area contributed by atoms with Crippen molar-refractivity contribution in [3.05, 3.63) is 36.4 Å². The van der Waals surface area contributed by atoms with E-state index in [9.17, 15) is 4.79 Å². The standard InChI is InChI=1S/C12H14N6O/c1-17-6-3-10(16-17)11(19)15-9-7-18(8-9)12-13-4-2-5-14-12/h2-6,9H,7-8H2,1H3,(H,15,19). The Morgan fingerprint density at radius 1 is 1.37 bits per heavy atom. The van der Waals surface area contributed by atoms with E-state index in [-0.39, 0.29) is 11.9 Å². The molecule has 1 aliphatic heterocycles. The van der Waals surface area contributed by atoms with Gasteiger partial charge < -0.3 is 10.2 Å². The van der Waals surface area contributed by atoms with Crippen LogP contribution in [-0.2, 0) is 7.05 Å². The van der Waals surface area contributed by atoms with Gasteiger partial charge in [0, 0.05) is 38.7 Å². The molecule has 0 spiro atoms. The van der Waals surface area contributed by atoms with Crippen LogP contribution in [0.3, 0.4) is 0 Å². The molecule has 1 aliphatic rings. The zero-order chi connectivity index (χ0) is 13.2. The van der Waals surface area contributed by atoms with Crippen molar-refractivity contribution in [1.29, 1.82) is 0 Å². The predicted octanol–water partition coefficient (Wildman–Crippen LogP) is -0.171. The summed E-state index contributed by atoms with van der Waals surface area (Å²) >= 11 is 0. The third kappa shape index (κ3) is 2.40. The van der Waals surface area contributed by atoms with Crippen molar-refractivity contribution >= 4 is 11.9 Å². The smallest absolute Gasteiger partial charge is 0.272 e. The summed E-state index contributed by atoms with van der Waals surface area (Å²) in [5.41, 5.74) is 0.442. The number of aryl methyl sites for hydroxylation is 1. The van der Waals surface area contributed by atoms with Gasteiger partial charge in [-0.15, -0.1) is 0 Å². The number of carbonyl (C=O) groups excluding carboxylic acids is 1. The number of hydrogen-bond donors (Lipinski definition) is 1. The number of aromatic nitrogens is 4. The molecule has 0 atom stereocenters. The van der Waals surface area contributed by atoms with Crippen LogP contribution in [0.1, 0.15) is 10.5 Å². The summed E-state index contributed by atoms with van der Waals surface area (Å²) in [6.45, 7) is 1.45. The normalized spacial score (nSPS) is 15.1. The van der Waals surface area contributed by atoms with E-state index in [1.165, 1.54) is 0 Å². The molecule has 3 heterocycles. The van der Waals surface area contributed by atoms with Gasteiger partial charge >= 0.3 is 0 Å². The number of amides is 1. The van der Waals surface area contributed by atoms with Gasteiger partial charge in [-0.3, -0.25) is 9.48 Å². The molecule has 1 N–H and O–H groups in total. The molecule has 7 nitrogen and oxygen atoms in total. The summed E-state index contributed by atoms with van der Waals surface area (Å²) < 4.78 is 1.61. The fraction of sp³-hybridized carbons (Fsp3) is 0.333. The van der Waals surface area contributed by atoms with Crippen molar-refractivity contribution in [2.75, 3.05) is 18.0 Å². The minimum Gasteiger partial charge on any atom is -0.344 e. The largest absolute Gasteiger partial charge is 0.344 e. The second-order valence-electron chi connectivity index (χ2n) is 4.50. The maximum absolute atomic E-state index is 11.9. The number of hydrogen-bond acceptors (Lipinski definition) is 5. The van der Waals surface area contributed by atoms with Gasteiger partial charge in [-0.05, 0) is 12.1 Å². The van der Waals surface area contributed by atoms with E-state index in [0.717, 1.165) is 13.1 Å². The summed E-state index contributed by atoms with van der Waals surface area (Å²) in [4.78, 5) is 22.2. The van der Waals surface area contributed by atoms with Gasteiger partial charge in [-0.1, -0.05) is 0 Å². The molecule has 0 aromatic carbocycles. The Morgan fingerprint density at radius 3 is 2.74 bits per heavy atom. The highest BCUT2D eigenvalue weighted by Gasteiger charge is 2.30. The first-order valence-corrected chi connectivity index (χ1v) is 6.05. The van der Waals surface area contributed by atoms with Crippen LogP contribution >= 0.6 is 0 Å². The predicted molar refractivity (Wildman–Crippen MR) is 68.7 cm³/mol. The highest BCUT2D eigenvalue weighted by Crippen LogP contribution is 2.15. The molecule has 0 bridgehead atoms. The number of carbonyl (C=O) groups is 1. The van der Waals surface area contributed by atoms with Crippen molar-refractivity contribution in [3.63, 3.8) is 0 Å². The molecule has 7 heteroatoms. The van der Waals surface area contributed by atoms with E-state index in [2.05, 4.69) is 20.4 Å². The third-order valence-corrected chi connectivity index (χ3v) is 3.00. The van der Waals surface area contributed by atoms with Gasteiger partial charge in [0.2, 0.25) is 5.95 Å². The molecule has 2 aromatic heterocycles. The van der Waals surface area contributed by atoms with Crippen LogP contribution in [0.15, 0.2) is 30.7 Å². The molecular formula is C12H14N6O. The molecule has 0 unspecified atom stereocenters. The average molecular weight is 258 g/mol. The van der Waals surface area contributed by atoms with E-state index in [4.69, 9.17) is 0 Å². The molecule has 1 amide bonds. The van der Waals surface area contributed by atoms with Gasteiger partial charge in [0.1, 0.15) is 5.69 Å². The highest BCUT2D eigenvalue weighted by atomic mass is 16.2. The Balaban J connectivity index is 1.53. The average Bonchev–Trinajstić information content (AvgIpc) is 2.81. The lowest BCUT2D eigenvalue weighted by Gasteiger charge is -2.39. The number of nitrogens with one attached hydrogen (secondary N) is 1. The van der Waals surface area contributed by atoms with Crippen LogP contribution in [0.25, 0.3) is 0 Å². The Hall–Kier alpha value is -2.44. The van der Waals surface area contributed by atoms with E-state index in [0.29, 0.717) is 11.6 Å². The number of rotatable bonds is 3. The first-order valence-electron chi connectivity index (χ1n) is 6.05. The first kappa shape index (κ1) is 11.6. The minimum atomic E-state index is -0.140. The van der Waals surface area contributed by atoms with Crippen molar-refractivity contribution < 1.29 is 4.79 Å². The number of nitrogens with zero attached hydrogens (tertiary/aromatic N) is 5. The van der Waals surface area contributed by atoms with E-state index >= 15 is 0 Å². The van der Waals surface area contributed by atoms with Gasteiger partial charge in [0.25, 0.3) is 5.91 Å². The maximum atomic E-state index is 11.9. The lowest BCUT2D eigenvalue weighted by molar-refractivity contribution is 0.0924. The van der Waals surface area contributed by atoms with E-state index < -0.39 is 0 Å². The maximum Gasteiger partial charge on any atom is 0.272 e. The molecular weight excluding hydrogens is 244 g/mol. The Bertz CT molecular complexity index is 575. The molecule has 2 aromatic rings. The lowest BCUT2D eigenvalue weighted by Crippen LogP contribution is -2.60. The molecule has 0 saturated carbocycles. The second kappa shape index (κ2) is 4.68. The molecule has 3 rings (SSSR count). The summed E-state index contributed by atoms with van der Waals surface area (Å²) in [5.74, 6) is 0.560. The lowest BCUT2D eigenvalue weighted by atomic mass is 10.1. The zero-order valence-electron chi connectivity index (χ0n) is 10.5. The number of anilines is 1. The molecule has 0 aliphatic carbocycles. The summed E-state index contributed by atoms with van der Waals surface area (Å²) in [6.07, 6.45) is 5.17. The topological polar surface area (TPSA) is 75.9 Å². The molecule has 0 radical (unpaired) electrons. The molecule has 1 fully saturated rings. The molecule has 19 heavy (non-hydrogen) atoms. The van der Waals surface area contributed by atoms with Gasteiger partial charge in [0.05, 0.1) is 6.04 Å². The van der Waals surface area contributed by atoms with Gasteiger partial charge in [-0.25, -0.2) is 9.97 Å². The third-order valence-electron chi connectivity index (χ3n) is 3.00. The van der Waals surface area contributed by atoms with Crippen LogP contribution < -0.4 is 10.2 Å². The Morgan fingerprint density at radius 2 is 2.11 bits per heavy atom. The van der Waals surface area contributed by atoms with Crippen LogP contribution in [0.2, 0.25) is 0 Å². The fourth-order valence-corrected chi connectivity index (χ4v) is 1.98. The van der Waals surface area contributed by atoms with E-state index in [1.807, 2.05) is 4.90 Å². The monoisotopic (exact) mass is 258 g/mol. The van der Waals surface area contributed by atoms with Crippen LogP contribution in [0, 0.1) is 0 Å².